The topological polar surface area (TPSA) is 64.7 Å². The fraction of sp³-hybridized carbons (Fsp3) is 0.0500. The van der Waals surface area contributed by atoms with Crippen LogP contribution in [-0.2, 0) is 6.54 Å². The third-order valence-corrected chi connectivity index (χ3v) is 4.03. The Morgan fingerprint density at radius 2 is 1.77 bits per heavy atom. The Morgan fingerprint density at radius 1 is 0.962 bits per heavy atom. The fourth-order valence-electron chi connectivity index (χ4n) is 2.68. The number of hydrogen-bond donors (Lipinski definition) is 1. The minimum Gasteiger partial charge on any atom is -0.348 e. The minimum atomic E-state index is -0.110. The summed E-state index contributed by atoms with van der Waals surface area (Å²) in [5.41, 5.74) is 2.61. The number of benzene rings is 1. The van der Waals surface area contributed by atoms with Gasteiger partial charge >= 0.3 is 0 Å². The first-order valence-electron chi connectivity index (χ1n) is 8.26. The summed E-state index contributed by atoms with van der Waals surface area (Å²) < 4.78 is 3.68. The van der Waals surface area contributed by atoms with Gasteiger partial charge in [0.1, 0.15) is 0 Å². The van der Waals surface area contributed by atoms with Crippen LogP contribution in [-0.4, -0.2) is 25.2 Å². The zero-order valence-electron chi connectivity index (χ0n) is 14.0. The van der Waals surface area contributed by atoms with Crippen molar-refractivity contribution in [1.29, 1.82) is 0 Å². The second-order valence-corrected chi connectivity index (χ2v) is 5.79. The van der Waals surface area contributed by atoms with Gasteiger partial charge in [0.15, 0.2) is 5.82 Å². The molecule has 0 atom stereocenters. The van der Waals surface area contributed by atoms with E-state index < -0.39 is 0 Å². The van der Waals surface area contributed by atoms with Crippen LogP contribution in [0.1, 0.15) is 15.9 Å². The molecule has 26 heavy (non-hydrogen) atoms. The molecule has 6 heteroatoms. The number of hydrogen-bond acceptors (Lipinski definition) is 3. The molecule has 0 saturated carbocycles. The maximum Gasteiger partial charge on any atom is 0.251 e. The van der Waals surface area contributed by atoms with Crippen LogP contribution in [0, 0.1) is 0 Å². The average molecular weight is 343 g/mol. The maximum absolute atomic E-state index is 12.4. The lowest BCUT2D eigenvalue weighted by Gasteiger charge is -2.08. The molecule has 0 fully saturated rings. The lowest BCUT2D eigenvalue weighted by atomic mass is 10.2. The summed E-state index contributed by atoms with van der Waals surface area (Å²) in [4.78, 5) is 16.7. The molecule has 0 radical (unpaired) electrons. The molecule has 0 aliphatic rings. The van der Waals surface area contributed by atoms with E-state index >= 15 is 0 Å². The molecular formula is C20H17N5O. The lowest BCUT2D eigenvalue weighted by Crippen LogP contribution is -2.22. The molecule has 0 saturated heterocycles. The van der Waals surface area contributed by atoms with Gasteiger partial charge in [-0.1, -0.05) is 0 Å². The number of pyridine rings is 1. The van der Waals surface area contributed by atoms with E-state index in [1.165, 1.54) is 0 Å². The number of carbonyl (C=O) groups excluding carboxylic acids is 1. The lowest BCUT2D eigenvalue weighted by molar-refractivity contribution is 0.0951. The SMILES string of the molecule is O=C(NCc1ccnc(-n2cccn2)c1)c1ccc(-n2cccc2)cc1. The van der Waals surface area contributed by atoms with Crippen molar-refractivity contribution in [2.45, 2.75) is 6.54 Å². The first kappa shape index (κ1) is 15.8. The molecule has 0 aliphatic heterocycles. The molecule has 3 heterocycles. The Balaban J connectivity index is 1.42. The zero-order valence-corrected chi connectivity index (χ0v) is 14.0. The van der Waals surface area contributed by atoms with Crippen molar-refractivity contribution in [3.8, 4) is 11.5 Å². The van der Waals surface area contributed by atoms with E-state index in [-0.39, 0.29) is 5.91 Å². The molecule has 1 aromatic carbocycles. The highest BCUT2D eigenvalue weighted by Crippen LogP contribution is 2.11. The Bertz CT molecular complexity index is 989. The molecular weight excluding hydrogens is 326 g/mol. The number of amides is 1. The Hall–Kier alpha value is -3.67. The van der Waals surface area contributed by atoms with Crippen LogP contribution in [0.5, 0.6) is 0 Å². The summed E-state index contributed by atoms with van der Waals surface area (Å²) in [6, 6.07) is 17.1. The first-order chi connectivity index (χ1) is 12.8. The Labute approximate surface area is 150 Å². The summed E-state index contributed by atoms with van der Waals surface area (Å²) in [7, 11) is 0. The average Bonchev–Trinajstić information content (AvgIpc) is 3.40. The van der Waals surface area contributed by atoms with Gasteiger partial charge in [0.2, 0.25) is 0 Å². The van der Waals surface area contributed by atoms with Gasteiger partial charge in [0.25, 0.3) is 5.91 Å². The molecule has 4 aromatic rings. The zero-order chi connectivity index (χ0) is 17.8. The van der Waals surface area contributed by atoms with Gasteiger partial charge < -0.3 is 9.88 Å². The third-order valence-electron chi connectivity index (χ3n) is 4.03. The minimum absolute atomic E-state index is 0.110. The number of nitrogens with zero attached hydrogens (tertiary/aromatic N) is 4. The van der Waals surface area contributed by atoms with Gasteiger partial charge in [-0.25, -0.2) is 9.67 Å². The monoisotopic (exact) mass is 343 g/mol. The van der Waals surface area contributed by atoms with Crippen molar-refractivity contribution >= 4 is 5.91 Å². The summed E-state index contributed by atoms with van der Waals surface area (Å²) >= 11 is 0. The van der Waals surface area contributed by atoms with Crippen molar-refractivity contribution in [3.63, 3.8) is 0 Å². The van der Waals surface area contributed by atoms with Crippen LogP contribution in [0.4, 0.5) is 0 Å². The quantitative estimate of drug-likeness (QED) is 0.606. The van der Waals surface area contributed by atoms with Gasteiger partial charge in [-0.3, -0.25) is 4.79 Å². The number of rotatable bonds is 5. The van der Waals surface area contributed by atoms with Crippen molar-refractivity contribution < 1.29 is 4.79 Å². The normalized spacial score (nSPS) is 10.6. The van der Waals surface area contributed by atoms with E-state index in [0.29, 0.717) is 12.1 Å². The number of nitrogens with one attached hydrogen (secondary N) is 1. The summed E-state index contributed by atoms with van der Waals surface area (Å²) in [6.45, 7) is 0.426. The summed E-state index contributed by atoms with van der Waals surface area (Å²) in [5, 5.41) is 7.10. The smallest absolute Gasteiger partial charge is 0.251 e. The van der Waals surface area contributed by atoms with E-state index in [4.69, 9.17) is 0 Å². The number of carbonyl (C=O) groups is 1. The third kappa shape index (κ3) is 3.39. The summed E-state index contributed by atoms with van der Waals surface area (Å²) in [5.74, 6) is 0.610. The molecule has 1 amide bonds. The highest BCUT2D eigenvalue weighted by molar-refractivity contribution is 5.94. The van der Waals surface area contributed by atoms with Gasteiger partial charge in [-0.15, -0.1) is 0 Å². The van der Waals surface area contributed by atoms with E-state index in [2.05, 4.69) is 15.4 Å². The van der Waals surface area contributed by atoms with Gasteiger partial charge in [-0.05, 0) is 60.2 Å². The highest BCUT2D eigenvalue weighted by atomic mass is 16.1. The standard InChI is InChI=1S/C20H17N5O/c26-20(17-4-6-18(7-5-17)24-11-1-2-12-24)22-15-16-8-10-21-19(14-16)25-13-3-9-23-25/h1-14H,15H2,(H,22,26). The fourth-order valence-corrected chi connectivity index (χ4v) is 2.68. The molecule has 0 spiro atoms. The van der Waals surface area contributed by atoms with Crippen molar-refractivity contribution in [2.24, 2.45) is 0 Å². The van der Waals surface area contributed by atoms with Gasteiger partial charge in [0.05, 0.1) is 0 Å². The van der Waals surface area contributed by atoms with Crippen LogP contribution >= 0.6 is 0 Å². The van der Waals surface area contributed by atoms with E-state index in [9.17, 15) is 4.79 Å². The van der Waals surface area contributed by atoms with E-state index in [1.807, 2.05) is 77.8 Å². The summed E-state index contributed by atoms with van der Waals surface area (Å²) in [6.07, 6.45) is 9.18. The predicted molar refractivity (Wildman–Crippen MR) is 98.3 cm³/mol. The second kappa shape index (κ2) is 7.06. The van der Waals surface area contributed by atoms with Crippen LogP contribution < -0.4 is 5.32 Å². The van der Waals surface area contributed by atoms with E-state index in [1.54, 1.807) is 17.1 Å². The Kier molecular flexibility index (Phi) is 4.30. The molecule has 0 unspecified atom stereocenters. The molecule has 128 valence electrons. The Morgan fingerprint density at radius 3 is 2.50 bits per heavy atom. The first-order valence-corrected chi connectivity index (χ1v) is 8.26. The highest BCUT2D eigenvalue weighted by Gasteiger charge is 2.07. The predicted octanol–water partition coefficient (Wildman–Crippen LogP) is 2.99. The molecule has 1 N–H and O–H groups in total. The van der Waals surface area contributed by atoms with Crippen LogP contribution in [0.15, 0.2) is 85.6 Å². The number of aromatic nitrogens is 4. The van der Waals surface area contributed by atoms with Crippen LogP contribution in [0.3, 0.4) is 0 Å². The maximum atomic E-state index is 12.4. The largest absolute Gasteiger partial charge is 0.348 e. The van der Waals surface area contributed by atoms with Crippen molar-refractivity contribution in [2.75, 3.05) is 0 Å². The molecule has 4 rings (SSSR count). The molecule has 0 aliphatic carbocycles. The molecule has 6 nitrogen and oxygen atoms in total. The molecule has 0 bridgehead atoms. The molecule has 3 aromatic heterocycles. The van der Waals surface area contributed by atoms with Crippen LogP contribution in [0.2, 0.25) is 0 Å². The van der Waals surface area contributed by atoms with Gasteiger partial charge in [0, 0.05) is 48.8 Å². The van der Waals surface area contributed by atoms with Crippen molar-refractivity contribution in [3.05, 3.63) is 96.7 Å². The van der Waals surface area contributed by atoms with Crippen molar-refractivity contribution in [1.82, 2.24) is 24.6 Å². The van der Waals surface area contributed by atoms with E-state index in [0.717, 1.165) is 17.1 Å². The van der Waals surface area contributed by atoms with Gasteiger partial charge in [-0.2, -0.15) is 5.10 Å². The second-order valence-electron chi connectivity index (χ2n) is 5.79. The van der Waals surface area contributed by atoms with Crippen LogP contribution in [0.25, 0.3) is 11.5 Å².